The summed E-state index contributed by atoms with van der Waals surface area (Å²) < 4.78 is 0. The minimum Gasteiger partial charge on any atom is -0.134 e. The second-order valence-corrected chi connectivity index (χ2v) is 4.69. The van der Waals surface area contributed by atoms with E-state index in [0.29, 0.717) is 0 Å². The molecule has 0 aromatic heterocycles. The van der Waals surface area contributed by atoms with Gasteiger partial charge in [0.1, 0.15) is 0 Å². The third-order valence-corrected chi connectivity index (χ3v) is 3.24. The second kappa shape index (κ2) is 4.76. The molecule has 12 heavy (non-hydrogen) atoms. The van der Waals surface area contributed by atoms with E-state index in [9.17, 15) is 0 Å². The van der Waals surface area contributed by atoms with Crippen LogP contribution < -0.4 is 0 Å². The fraction of sp³-hybridized carbons (Fsp3) is 0.636. The average molecular weight is 184 g/mol. The molecule has 0 saturated heterocycles. The maximum atomic E-state index is 4.05. The Morgan fingerprint density at radius 2 is 1.83 bits per heavy atom. The molecule has 1 heteroatoms. The van der Waals surface area contributed by atoms with Crippen molar-refractivity contribution in [2.45, 2.75) is 33.6 Å². The highest BCUT2D eigenvalue weighted by atomic mass is 32.2. The summed E-state index contributed by atoms with van der Waals surface area (Å²) in [5.74, 6) is 0. The van der Waals surface area contributed by atoms with Crippen LogP contribution >= 0.6 is 11.8 Å². The van der Waals surface area contributed by atoms with Gasteiger partial charge in [-0.05, 0) is 29.4 Å². The van der Waals surface area contributed by atoms with Gasteiger partial charge in [0, 0.05) is 0 Å². The van der Waals surface area contributed by atoms with Gasteiger partial charge in [-0.1, -0.05) is 39.5 Å². The molecule has 0 aromatic rings. The number of thioether (sulfide) groups is 1. The van der Waals surface area contributed by atoms with Crippen LogP contribution in [-0.4, -0.2) is 6.26 Å². The fourth-order valence-electron chi connectivity index (χ4n) is 1.12. The van der Waals surface area contributed by atoms with Crippen molar-refractivity contribution in [2.75, 3.05) is 6.26 Å². The summed E-state index contributed by atoms with van der Waals surface area (Å²) in [4.78, 5) is 1.25. The maximum Gasteiger partial charge on any atom is -0.00128 e. The smallest absolute Gasteiger partial charge is 0.00128 e. The molecule has 0 saturated carbocycles. The molecular weight excluding hydrogens is 164 g/mol. The summed E-state index contributed by atoms with van der Waals surface area (Å²) >= 11 is 1.75. The lowest BCUT2D eigenvalue weighted by Crippen LogP contribution is -2.12. The Kier molecular flexibility index (Phi) is 4.69. The third-order valence-electron chi connectivity index (χ3n) is 2.19. The highest BCUT2D eigenvalue weighted by molar-refractivity contribution is 8.02. The molecule has 0 radical (unpaired) electrons. The van der Waals surface area contributed by atoms with Crippen LogP contribution in [0.15, 0.2) is 23.6 Å². The summed E-state index contributed by atoms with van der Waals surface area (Å²) in [5.41, 5.74) is 1.52. The first-order valence-corrected chi connectivity index (χ1v) is 5.56. The Morgan fingerprint density at radius 3 is 2.17 bits per heavy atom. The molecule has 0 unspecified atom stereocenters. The molecule has 0 nitrogen and oxygen atoms in total. The zero-order chi connectivity index (χ0) is 9.78. The minimum atomic E-state index is 0.201. The molecule has 0 rings (SSSR count). The summed E-state index contributed by atoms with van der Waals surface area (Å²) in [5, 5.41) is 0. The van der Waals surface area contributed by atoms with E-state index in [2.05, 4.69) is 40.2 Å². The van der Waals surface area contributed by atoms with Gasteiger partial charge < -0.3 is 0 Å². The molecule has 0 aliphatic carbocycles. The predicted octanol–water partition coefficient (Wildman–Crippen LogP) is 4.25. The molecule has 0 fully saturated rings. The number of rotatable bonds is 5. The van der Waals surface area contributed by atoms with E-state index in [1.165, 1.54) is 10.5 Å². The van der Waals surface area contributed by atoms with E-state index in [-0.39, 0.29) is 5.41 Å². The topological polar surface area (TPSA) is 0 Å². The number of hydrogen-bond donors (Lipinski definition) is 0. The van der Waals surface area contributed by atoms with Gasteiger partial charge in [0.05, 0.1) is 0 Å². The van der Waals surface area contributed by atoms with E-state index >= 15 is 0 Å². The zero-order valence-electron chi connectivity index (χ0n) is 8.74. The van der Waals surface area contributed by atoms with E-state index in [1.54, 1.807) is 11.8 Å². The summed E-state index contributed by atoms with van der Waals surface area (Å²) in [6.07, 6.45) is 4.22. The van der Waals surface area contributed by atoms with Gasteiger partial charge in [-0.15, -0.1) is 11.8 Å². The van der Waals surface area contributed by atoms with Gasteiger partial charge in [0.2, 0.25) is 0 Å². The van der Waals surface area contributed by atoms with Gasteiger partial charge in [0.25, 0.3) is 0 Å². The van der Waals surface area contributed by atoms with Crippen molar-refractivity contribution in [1.29, 1.82) is 0 Å². The Morgan fingerprint density at radius 1 is 1.33 bits per heavy atom. The second-order valence-electron chi connectivity index (χ2n) is 3.79. The molecule has 70 valence electrons. The monoisotopic (exact) mass is 184 g/mol. The lowest BCUT2D eigenvalue weighted by Gasteiger charge is -2.26. The van der Waals surface area contributed by atoms with Crippen LogP contribution in [0, 0.1) is 5.41 Å². The van der Waals surface area contributed by atoms with Gasteiger partial charge in [-0.2, -0.15) is 0 Å². The van der Waals surface area contributed by atoms with Gasteiger partial charge >= 0.3 is 0 Å². The van der Waals surface area contributed by atoms with E-state index in [0.717, 1.165) is 12.8 Å². The van der Waals surface area contributed by atoms with E-state index < -0.39 is 0 Å². The largest absolute Gasteiger partial charge is 0.134 e. The lowest BCUT2D eigenvalue weighted by molar-refractivity contribution is 0.463. The first kappa shape index (κ1) is 11.8. The van der Waals surface area contributed by atoms with Crippen molar-refractivity contribution in [3.63, 3.8) is 0 Å². The molecule has 0 aliphatic heterocycles. The van der Waals surface area contributed by atoms with Crippen molar-refractivity contribution in [3.05, 3.63) is 23.6 Å². The Hall–Kier alpha value is -0.170. The average Bonchev–Trinajstić information content (AvgIpc) is 2.02. The van der Waals surface area contributed by atoms with Gasteiger partial charge in [0.15, 0.2) is 0 Å². The highest BCUT2D eigenvalue weighted by Crippen LogP contribution is 2.37. The molecule has 0 aromatic carbocycles. The standard InChI is InChI=1S/C11H20S/c1-7-9(2)8-11(4,5)10(3)12-6/h2-3,7-8H2,1,4-6H3. The number of hydrogen-bond acceptors (Lipinski definition) is 1. The first-order valence-electron chi connectivity index (χ1n) is 4.34. The van der Waals surface area contributed by atoms with Crippen molar-refractivity contribution in [1.82, 2.24) is 0 Å². The van der Waals surface area contributed by atoms with Crippen molar-refractivity contribution < 1.29 is 0 Å². The summed E-state index contributed by atoms with van der Waals surface area (Å²) in [7, 11) is 0. The quantitative estimate of drug-likeness (QED) is 0.576. The lowest BCUT2D eigenvalue weighted by atomic mass is 9.85. The number of allylic oxidation sites excluding steroid dienone is 2. The van der Waals surface area contributed by atoms with E-state index in [4.69, 9.17) is 0 Å². The molecule has 0 spiro atoms. The molecule has 0 heterocycles. The molecule has 0 N–H and O–H groups in total. The third kappa shape index (κ3) is 3.48. The minimum absolute atomic E-state index is 0.201. The van der Waals surface area contributed by atoms with E-state index in [1.807, 2.05) is 0 Å². The van der Waals surface area contributed by atoms with Crippen LogP contribution in [0.5, 0.6) is 0 Å². The van der Waals surface area contributed by atoms with Crippen molar-refractivity contribution in [3.8, 4) is 0 Å². The fourth-order valence-corrected chi connectivity index (χ4v) is 1.75. The molecule has 0 amide bonds. The summed E-state index contributed by atoms with van der Waals surface area (Å²) in [6.45, 7) is 14.7. The van der Waals surface area contributed by atoms with Gasteiger partial charge in [-0.25, -0.2) is 0 Å². The van der Waals surface area contributed by atoms with Crippen LogP contribution in [0.2, 0.25) is 0 Å². The molecular formula is C11H20S. The zero-order valence-corrected chi connectivity index (χ0v) is 9.55. The highest BCUT2D eigenvalue weighted by Gasteiger charge is 2.21. The van der Waals surface area contributed by atoms with Crippen molar-refractivity contribution >= 4 is 11.8 Å². The van der Waals surface area contributed by atoms with Crippen LogP contribution in [-0.2, 0) is 0 Å². The predicted molar refractivity (Wildman–Crippen MR) is 60.5 cm³/mol. The SMILES string of the molecule is C=C(CC)CC(C)(C)C(=C)SC. The van der Waals surface area contributed by atoms with Crippen LogP contribution in [0.3, 0.4) is 0 Å². The Balaban J connectivity index is 4.21. The van der Waals surface area contributed by atoms with Gasteiger partial charge in [-0.3, -0.25) is 0 Å². The van der Waals surface area contributed by atoms with Crippen molar-refractivity contribution in [2.24, 2.45) is 5.41 Å². The van der Waals surface area contributed by atoms with Crippen LogP contribution in [0.25, 0.3) is 0 Å². The Bertz CT molecular complexity index is 177. The molecule has 0 aliphatic rings. The normalized spacial score (nSPS) is 11.3. The Labute approximate surface area is 81.1 Å². The molecule has 0 atom stereocenters. The van der Waals surface area contributed by atoms with Crippen LogP contribution in [0.4, 0.5) is 0 Å². The maximum absolute atomic E-state index is 4.05. The summed E-state index contributed by atoms with van der Waals surface area (Å²) in [6, 6.07) is 0. The molecule has 0 bridgehead atoms. The first-order chi connectivity index (χ1) is 5.44. The van der Waals surface area contributed by atoms with Crippen LogP contribution in [0.1, 0.15) is 33.6 Å².